The fourth-order valence-electron chi connectivity index (χ4n) is 3.21. The molecule has 0 bridgehead atoms. The maximum atomic E-state index is 12.5. The van der Waals surface area contributed by atoms with Gasteiger partial charge < -0.3 is 5.32 Å². The molecular formula is C20H22ClNO3S. The molecule has 138 valence electrons. The lowest BCUT2D eigenvalue weighted by molar-refractivity contribution is -0.120. The number of amides is 1. The van der Waals surface area contributed by atoms with E-state index in [4.69, 9.17) is 11.6 Å². The quantitative estimate of drug-likeness (QED) is 0.787. The zero-order valence-corrected chi connectivity index (χ0v) is 16.1. The number of hydrogen-bond acceptors (Lipinski definition) is 3. The summed E-state index contributed by atoms with van der Waals surface area (Å²) >= 11 is 5.93. The minimum absolute atomic E-state index is 0.0328. The highest BCUT2D eigenvalue weighted by Gasteiger charge is 2.19. The van der Waals surface area contributed by atoms with Crippen LogP contribution in [-0.4, -0.2) is 26.6 Å². The Balaban J connectivity index is 1.49. The van der Waals surface area contributed by atoms with E-state index in [1.807, 2.05) is 24.3 Å². The van der Waals surface area contributed by atoms with Crippen molar-refractivity contribution in [3.63, 3.8) is 0 Å². The summed E-state index contributed by atoms with van der Waals surface area (Å²) in [4.78, 5) is 12.3. The number of carbonyl (C=O) groups excluding carboxylic acids is 1. The molecule has 0 saturated carbocycles. The molecule has 3 rings (SSSR count). The molecule has 0 heterocycles. The van der Waals surface area contributed by atoms with Crippen molar-refractivity contribution in [3.05, 3.63) is 64.2 Å². The third-order valence-electron chi connectivity index (χ3n) is 4.65. The number of rotatable bonds is 7. The Morgan fingerprint density at radius 3 is 2.69 bits per heavy atom. The van der Waals surface area contributed by atoms with Crippen LogP contribution in [0.4, 0.5) is 0 Å². The first kappa shape index (κ1) is 18.9. The second kappa shape index (κ2) is 8.23. The van der Waals surface area contributed by atoms with E-state index in [1.165, 1.54) is 5.56 Å². The summed E-state index contributed by atoms with van der Waals surface area (Å²) in [6.07, 6.45) is 3.65. The lowest BCUT2D eigenvalue weighted by Gasteiger charge is -2.08. The second-order valence-corrected chi connectivity index (χ2v) is 9.13. The van der Waals surface area contributed by atoms with Crippen molar-refractivity contribution in [2.75, 3.05) is 12.3 Å². The molecule has 2 aromatic rings. The third-order valence-corrected chi connectivity index (χ3v) is 6.60. The van der Waals surface area contributed by atoms with Gasteiger partial charge in [0.2, 0.25) is 5.91 Å². The van der Waals surface area contributed by atoms with E-state index in [0.717, 1.165) is 30.4 Å². The van der Waals surface area contributed by atoms with Crippen molar-refractivity contribution in [1.82, 2.24) is 5.32 Å². The van der Waals surface area contributed by atoms with Gasteiger partial charge in [0.25, 0.3) is 0 Å². The largest absolute Gasteiger partial charge is 0.356 e. The van der Waals surface area contributed by atoms with Gasteiger partial charge in [0, 0.05) is 18.0 Å². The lowest BCUT2D eigenvalue weighted by Crippen LogP contribution is -2.27. The van der Waals surface area contributed by atoms with Crippen molar-refractivity contribution >= 4 is 27.3 Å². The number of halogens is 1. The van der Waals surface area contributed by atoms with Crippen LogP contribution < -0.4 is 5.32 Å². The van der Waals surface area contributed by atoms with Crippen LogP contribution >= 0.6 is 11.6 Å². The van der Waals surface area contributed by atoms with Crippen LogP contribution in [0.3, 0.4) is 0 Å². The van der Waals surface area contributed by atoms with Crippen molar-refractivity contribution < 1.29 is 13.2 Å². The van der Waals surface area contributed by atoms with Gasteiger partial charge in [0.05, 0.1) is 10.6 Å². The van der Waals surface area contributed by atoms with Crippen molar-refractivity contribution in [3.8, 4) is 0 Å². The molecule has 0 unspecified atom stereocenters. The van der Waals surface area contributed by atoms with Gasteiger partial charge in [-0.25, -0.2) is 8.42 Å². The molecule has 1 aliphatic carbocycles. The molecule has 1 N–H and O–H groups in total. The lowest BCUT2D eigenvalue weighted by atomic mass is 10.1. The Hall–Kier alpha value is -1.85. The van der Waals surface area contributed by atoms with E-state index in [9.17, 15) is 13.2 Å². The monoisotopic (exact) mass is 391 g/mol. The summed E-state index contributed by atoms with van der Waals surface area (Å²) in [5, 5.41) is 3.43. The molecule has 0 spiro atoms. The van der Waals surface area contributed by atoms with Gasteiger partial charge in [-0.15, -0.1) is 0 Å². The first-order chi connectivity index (χ1) is 12.4. The molecule has 0 aliphatic heterocycles. The van der Waals surface area contributed by atoms with E-state index in [1.54, 1.807) is 18.2 Å². The Morgan fingerprint density at radius 1 is 1.08 bits per heavy atom. The van der Waals surface area contributed by atoms with Crippen LogP contribution in [0.2, 0.25) is 5.02 Å². The molecular weight excluding hydrogens is 370 g/mol. The van der Waals surface area contributed by atoms with Gasteiger partial charge >= 0.3 is 0 Å². The summed E-state index contributed by atoms with van der Waals surface area (Å²) in [7, 11) is -3.44. The molecule has 0 atom stereocenters. The van der Waals surface area contributed by atoms with Crippen LogP contribution in [0.5, 0.6) is 0 Å². The molecule has 4 nitrogen and oxygen atoms in total. The van der Waals surface area contributed by atoms with Gasteiger partial charge in [-0.1, -0.05) is 29.8 Å². The summed E-state index contributed by atoms with van der Waals surface area (Å²) in [5.74, 6) is -0.425. The number of benzene rings is 2. The van der Waals surface area contributed by atoms with Gasteiger partial charge in [-0.3, -0.25) is 4.79 Å². The molecule has 6 heteroatoms. The Kier molecular flexibility index (Phi) is 5.99. The van der Waals surface area contributed by atoms with Crippen molar-refractivity contribution in [2.24, 2.45) is 0 Å². The molecule has 26 heavy (non-hydrogen) atoms. The predicted octanol–water partition coefficient (Wildman–Crippen LogP) is 3.35. The van der Waals surface area contributed by atoms with Gasteiger partial charge in [-0.2, -0.15) is 0 Å². The van der Waals surface area contributed by atoms with Crippen LogP contribution in [0.25, 0.3) is 0 Å². The van der Waals surface area contributed by atoms with Crippen molar-refractivity contribution in [1.29, 1.82) is 0 Å². The smallest absolute Gasteiger partial charge is 0.221 e. The van der Waals surface area contributed by atoms with Crippen LogP contribution in [0.1, 0.15) is 29.5 Å². The maximum absolute atomic E-state index is 12.5. The summed E-state index contributed by atoms with van der Waals surface area (Å²) in [5.41, 5.74) is 3.39. The highest BCUT2D eigenvalue weighted by Crippen LogP contribution is 2.25. The van der Waals surface area contributed by atoms with E-state index < -0.39 is 9.84 Å². The van der Waals surface area contributed by atoms with E-state index in [-0.39, 0.29) is 18.1 Å². The normalized spacial score (nSPS) is 13.4. The standard InChI is InChI=1S/C20H22ClNO3S/c21-18-6-1-3-15(13-18)9-11-22-20(23)10-12-26(24,25)19-8-7-16-4-2-5-17(16)14-19/h1,3,6-8,13-14H,2,4-5,9-12H2,(H,22,23). The zero-order valence-electron chi connectivity index (χ0n) is 14.5. The predicted molar refractivity (Wildman–Crippen MR) is 103 cm³/mol. The topological polar surface area (TPSA) is 63.2 Å². The Morgan fingerprint density at radius 2 is 1.88 bits per heavy atom. The maximum Gasteiger partial charge on any atom is 0.221 e. The summed E-state index contributed by atoms with van der Waals surface area (Å²) in [6, 6.07) is 12.8. The molecule has 2 aromatic carbocycles. The molecule has 0 radical (unpaired) electrons. The minimum atomic E-state index is -3.44. The molecule has 0 fully saturated rings. The highest BCUT2D eigenvalue weighted by molar-refractivity contribution is 7.91. The van der Waals surface area contributed by atoms with Crippen LogP contribution in [-0.2, 0) is 33.9 Å². The number of carbonyl (C=O) groups is 1. The van der Waals surface area contributed by atoms with E-state index >= 15 is 0 Å². The fourth-order valence-corrected chi connectivity index (χ4v) is 4.71. The third kappa shape index (κ3) is 4.86. The minimum Gasteiger partial charge on any atom is -0.356 e. The average molecular weight is 392 g/mol. The SMILES string of the molecule is O=C(CCS(=O)(=O)c1ccc2c(c1)CCC2)NCCc1cccc(Cl)c1. The number of sulfone groups is 1. The molecule has 0 saturated heterocycles. The van der Waals surface area contributed by atoms with Gasteiger partial charge in [0.15, 0.2) is 9.84 Å². The fraction of sp³-hybridized carbons (Fsp3) is 0.350. The number of aryl methyl sites for hydroxylation is 2. The molecule has 1 amide bonds. The van der Waals surface area contributed by atoms with Crippen LogP contribution in [0, 0.1) is 0 Å². The Labute approximate surface area is 159 Å². The van der Waals surface area contributed by atoms with Crippen LogP contribution in [0.15, 0.2) is 47.4 Å². The first-order valence-corrected chi connectivity index (χ1v) is 10.8. The number of nitrogens with one attached hydrogen (secondary N) is 1. The summed E-state index contributed by atoms with van der Waals surface area (Å²) in [6.45, 7) is 0.456. The zero-order chi connectivity index (χ0) is 18.6. The number of hydrogen-bond donors (Lipinski definition) is 1. The molecule has 1 aliphatic rings. The second-order valence-electron chi connectivity index (χ2n) is 6.58. The van der Waals surface area contributed by atoms with Crippen molar-refractivity contribution in [2.45, 2.75) is 37.0 Å². The van der Waals surface area contributed by atoms with Gasteiger partial charge in [-0.05, 0) is 66.6 Å². The highest BCUT2D eigenvalue weighted by atomic mass is 35.5. The average Bonchev–Trinajstić information content (AvgIpc) is 3.08. The first-order valence-electron chi connectivity index (χ1n) is 8.80. The number of fused-ring (bicyclic) bond motifs is 1. The van der Waals surface area contributed by atoms with Gasteiger partial charge in [0.1, 0.15) is 0 Å². The summed E-state index contributed by atoms with van der Waals surface area (Å²) < 4.78 is 24.9. The van der Waals surface area contributed by atoms with E-state index in [0.29, 0.717) is 22.9 Å². The van der Waals surface area contributed by atoms with E-state index in [2.05, 4.69) is 5.32 Å². The Bertz CT molecular complexity index is 909. The molecule has 0 aromatic heterocycles.